The largest absolute Gasteiger partial charge is 0.459 e. The number of nitrogens with one attached hydrogen (secondary N) is 1. The summed E-state index contributed by atoms with van der Waals surface area (Å²) in [5.74, 6) is -0.641. The number of furan rings is 1. The van der Waals surface area contributed by atoms with E-state index in [4.69, 9.17) is 4.42 Å². The number of rotatable bonds is 5. The van der Waals surface area contributed by atoms with Gasteiger partial charge in [-0.05, 0) is 35.7 Å². The van der Waals surface area contributed by atoms with Gasteiger partial charge < -0.3 is 9.73 Å². The topological polar surface area (TPSA) is 42.2 Å². The van der Waals surface area contributed by atoms with Crippen molar-refractivity contribution < 1.29 is 18.0 Å². The zero-order chi connectivity index (χ0) is 16.2. The minimum atomic E-state index is -0.687. The number of thiophene rings is 1. The van der Waals surface area contributed by atoms with Crippen molar-refractivity contribution >= 4 is 17.2 Å². The van der Waals surface area contributed by atoms with E-state index < -0.39 is 11.6 Å². The number of benzene rings is 1. The van der Waals surface area contributed by atoms with Gasteiger partial charge in [-0.2, -0.15) is 0 Å². The maximum absolute atomic E-state index is 13.7. The highest BCUT2D eigenvalue weighted by Gasteiger charge is 2.11. The van der Waals surface area contributed by atoms with Gasteiger partial charge in [-0.3, -0.25) is 4.79 Å². The zero-order valence-electron chi connectivity index (χ0n) is 12.0. The van der Waals surface area contributed by atoms with E-state index in [0.717, 1.165) is 10.9 Å². The van der Waals surface area contributed by atoms with Crippen molar-refractivity contribution in [1.29, 1.82) is 0 Å². The molecular weight excluding hydrogens is 320 g/mol. The second kappa shape index (κ2) is 6.75. The molecule has 2 heterocycles. The third kappa shape index (κ3) is 3.84. The first-order valence-corrected chi connectivity index (χ1v) is 7.83. The van der Waals surface area contributed by atoms with E-state index in [-0.39, 0.29) is 18.0 Å². The first-order chi connectivity index (χ1) is 11.1. The Morgan fingerprint density at radius 1 is 1.17 bits per heavy atom. The molecule has 1 amide bonds. The van der Waals surface area contributed by atoms with Crippen molar-refractivity contribution in [2.45, 2.75) is 13.0 Å². The Kier molecular flexibility index (Phi) is 4.52. The summed E-state index contributed by atoms with van der Waals surface area (Å²) in [7, 11) is 0. The summed E-state index contributed by atoms with van der Waals surface area (Å²) in [5, 5.41) is 4.66. The third-order valence-electron chi connectivity index (χ3n) is 3.23. The quantitative estimate of drug-likeness (QED) is 0.762. The lowest BCUT2D eigenvalue weighted by atomic mass is 10.1. The first kappa shape index (κ1) is 15.4. The maximum atomic E-state index is 13.7. The molecule has 0 saturated carbocycles. The molecule has 0 fully saturated rings. The number of amides is 1. The summed E-state index contributed by atoms with van der Waals surface area (Å²) in [6, 6.07) is 10.3. The average molecular weight is 333 g/mol. The predicted molar refractivity (Wildman–Crippen MR) is 83.9 cm³/mol. The number of hydrogen-bond donors (Lipinski definition) is 1. The second-order valence-electron chi connectivity index (χ2n) is 4.92. The van der Waals surface area contributed by atoms with Gasteiger partial charge >= 0.3 is 0 Å². The lowest BCUT2D eigenvalue weighted by Gasteiger charge is -2.02. The van der Waals surface area contributed by atoms with Crippen LogP contribution in [0.3, 0.4) is 0 Å². The van der Waals surface area contributed by atoms with Crippen LogP contribution in [0.4, 0.5) is 8.78 Å². The van der Waals surface area contributed by atoms with Gasteiger partial charge in [0.2, 0.25) is 5.91 Å². The van der Waals surface area contributed by atoms with Crippen molar-refractivity contribution in [1.82, 2.24) is 5.32 Å². The lowest BCUT2D eigenvalue weighted by Crippen LogP contribution is -2.23. The fourth-order valence-corrected chi connectivity index (χ4v) is 2.83. The highest BCUT2D eigenvalue weighted by Crippen LogP contribution is 2.25. The molecule has 23 heavy (non-hydrogen) atoms. The van der Waals surface area contributed by atoms with Crippen LogP contribution in [0.1, 0.15) is 10.6 Å². The number of carbonyl (C=O) groups is 1. The molecule has 0 spiro atoms. The molecule has 118 valence electrons. The molecule has 0 aliphatic carbocycles. The Balaban J connectivity index is 1.62. The van der Waals surface area contributed by atoms with E-state index in [2.05, 4.69) is 5.32 Å². The zero-order valence-corrected chi connectivity index (χ0v) is 12.8. The molecule has 0 bridgehead atoms. The molecule has 0 aliphatic heterocycles. The number of carbonyl (C=O) groups excluding carboxylic acids is 1. The molecule has 0 unspecified atom stereocenters. The molecule has 0 radical (unpaired) electrons. The van der Waals surface area contributed by atoms with E-state index >= 15 is 0 Å². The molecule has 0 atom stereocenters. The van der Waals surface area contributed by atoms with Gasteiger partial charge in [0.05, 0.1) is 18.5 Å². The fraction of sp³-hybridized carbons (Fsp3) is 0.118. The molecule has 1 N–H and O–H groups in total. The van der Waals surface area contributed by atoms with Crippen LogP contribution in [0.5, 0.6) is 0 Å². The van der Waals surface area contributed by atoms with E-state index in [1.807, 2.05) is 17.5 Å². The summed E-state index contributed by atoms with van der Waals surface area (Å²) in [6.45, 7) is 0.215. The molecule has 6 heteroatoms. The molecular formula is C17H13F2NO2S. The summed E-state index contributed by atoms with van der Waals surface area (Å²) < 4.78 is 32.1. The summed E-state index contributed by atoms with van der Waals surface area (Å²) in [6.07, 6.45) is 0.317. The SMILES string of the molecule is O=C(Cc1cccs1)NCc1ccc(-c2ccc(F)cc2F)o1. The lowest BCUT2D eigenvalue weighted by molar-refractivity contribution is -0.120. The standard InChI is InChI=1S/C17H13F2NO2S/c18-11-3-5-14(15(19)8-11)16-6-4-12(22-16)10-20-17(21)9-13-2-1-7-23-13/h1-8H,9-10H2,(H,20,21). The third-order valence-corrected chi connectivity index (χ3v) is 4.11. The van der Waals surface area contributed by atoms with Crippen LogP contribution in [0.15, 0.2) is 52.3 Å². The van der Waals surface area contributed by atoms with Crippen LogP contribution < -0.4 is 5.32 Å². The molecule has 0 saturated heterocycles. The van der Waals surface area contributed by atoms with Crippen LogP contribution >= 0.6 is 11.3 Å². The Morgan fingerprint density at radius 2 is 2.04 bits per heavy atom. The second-order valence-corrected chi connectivity index (χ2v) is 5.96. The van der Waals surface area contributed by atoms with E-state index in [9.17, 15) is 13.6 Å². The van der Waals surface area contributed by atoms with Crippen molar-refractivity contribution in [3.8, 4) is 11.3 Å². The highest BCUT2D eigenvalue weighted by molar-refractivity contribution is 7.10. The predicted octanol–water partition coefficient (Wildman–Crippen LogP) is 4.15. The van der Waals surface area contributed by atoms with Crippen molar-refractivity contribution in [3.05, 3.63) is 70.1 Å². The van der Waals surface area contributed by atoms with E-state index in [1.165, 1.54) is 23.5 Å². The van der Waals surface area contributed by atoms with Crippen molar-refractivity contribution in [3.63, 3.8) is 0 Å². The van der Waals surface area contributed by atoms with Gasteiger partial charge in [0.1, 0.15) is 23.2 Å². The minimum Gasteiger partial charge on any atom is -0.459 e. The van der Waals surface area contributed by atoms with Gasteiger partial charge in [0.15, 0.2) is 0 Å². The molecule has 3 aromatic rings. The molecule has 1 aromatic carbocycles. The normalized spacial score (nSPS) is 10.7. The smallest absolute Gasteiger partial charge is 0.225 e. The average Bonchev–Trinajstić information content (AvgIpc) is 3.17. The molecule has 2 aromatic heterocycles. The van der Waals surface area contributed by atoms with Crippen LogP contribution in [-0.2, 0) is 17.8 Å². The first-order valence-electron chi connectivity index (χ1n) is 6.95. The van der Waals surface area contributed by atoms with E-state index in [1.54, 1.807) is 12.1 Å². The van der Waals surface area contributed by atoms with Gasteiger partial charge in [0, 0.05) is 10.9 Å². The number of halogens is 2. The highest BCUT2D eigenvalue weighted by atomic mass is 32.1. The van der Waals surface area contributed by atoms with Gasteiger partial charge in [-0.25, -0.2) is 8.78 Å². The number of hydrogen-bond acceptors (Lipinski definition) is 3. The van der Waals surface area contributed by atoms with E-state index in [0.29, 0.717) is 17.9 Å². The van der Waals surface area contributed by atoms with Crippen LogP contribution in [0.25, 0.3) is 11.3 Å². The Hall–Kier alpha value is -2.47. The summed E-state index contributed by atoms with van der Waals surface area (Å²) >= 11 is 1.52. The van der Waals surface area contributed by atoms with Crippen LogP contribution in [0.2, 0.25) is 0 Å². The van der Waals surface area contributed by atoms with Gasteiger partial charge in [-0.15, -0.1) is 11.3 Å². The molecule has 0 aliphatic rings. The Morgan fingerprint density at radius 3 is 2.78 bits per heavy atom. The maximum Gasteiger partial charge on any atom is 0.225 e. The summed E-state index contributed by atoms with van der Waals surface area (Å²) in [5.41, 5.74) is 0.183. The van der Waals surface area contributed by atoms with Crippen LogP contribution in [-0.4, -0.2) is 5.91 Å². The Bertz CT molecular complexity index is 812. The van der Waals surface area contributed by atoms with Gasteiger partial charge in [-0.1, -0.05) is 6.07 Å². The molecule has 3 rings (SSSR count). The van der Waals surface area contributed by atoms with Crippen molar-refractivity contribution in [2.75, 3.05) is 0 Å². The Labute approximate surface area is 135 Å². The fourth-order valence-electron chi connectivity index (χ4n) is 2.13. The van der Waals surface area contributed by atoms with Crippen molar-refractivity contribution in [2.24, 2.45) is 0 Å². The van der Waals surface area contributed by atoms with Crippen LogP contribution in [0, 0.1) is 11.6 Å². The minimum absolute atomic E-state index is 0.113. The van der Waals surface area contributed by atoms with Gasteiger partial charge in [0.25, 0.3) is 0 Å². The molecule has 3 nitrogen and oxygen atoms in total. The monoisotopic (exact) mass is 333 g/mol. The summed E-state index contributed by atoms with van der Waals surface area (Å²) in [4.78, 5) is 12.8.